The van der Waals surface area contributed by atoms with E-state index in [0.717, 1.165) is 15.7 Å². The minimum absolute atomic E-state index is 0.270. The van der Waals surface area contributed by atoms with E-state index < -0.39 is 0 Å². The molecule has 1 atom stereocenters. The Bertz CT molecular complexity index is 551. The van der Waals surface area contributed by atoms with Gasteiger partial charge in [0, 0.05) is 16.7 Å². The maximum atomic E-state index is 6.30. The fourth-order valence-electron chi connectivity index (χ4n) is 1.92. The summed E-state index contributed by atoms with van der Waals surface area (Å²) in [6.45, 7) is 4.15. The smallest absolute Gasteiger partial charge is 0.0738 e. The third-order valence-corrected chi connectivity index (χ3v) is 4.14. The molecular weight excluding hydrogens is 314 g/mol. The van der Waals surface area contributed by atoms with Gasteiger partial charge in [-0.05, 0) is 47.5 Å². The van der Waals surface area contributed by atoms with Crippen LogP contribution in [-0.2, 0) is 0 Å². The number of nitrogens with zero attached hydrogens (tertiary/aromatic N) is 2. The Hall–Kier alpha value is -0.840. The molecule has 3 nitrogen and oxygen atoms in total. The molecule has 0 radical (unpaired) electrons. The molecular formula is C13H15BrClN3. The Morgan fingerprint density at radius 2 is 2.06 bits per heavy atom. The quantitative estimate of drug-likeness (QED) is 0.928. The average Bonchev–Trinajstić information content (AvgIpc) is 2.81. The van der Waals surface area contributed by atoms with Crippen LogP contribution in [0.15, 0.2) is 34.9 Å². The lowest BCUT2D eigenvalue weighted by Crippen LogP contribution is -2.19. The predicted molar refractivity (Wildman–Crippen MR) is 77.8 cm³/mol. The van der Waals surface area contributed by atoms with Crippen LogP contribution in [0.3, 0.4) is 0 Å². The molecule has 1 aromatic carbocycles. The van der Waals surface area contributed by atoms with Gasteiger partial charge in [0.1, 0.15) is 0 Å². The summed E-state index contributed by atoms with van der Waals surface area (Å²) >= 11 is 9.70. The second-order valence-electron chi connectivity index (χ2n) is 4.42. The third-order valence-electron chi connectivity index (χ3n) is 2.83. The van der Waals surface area contributed by atoms with Crippen LogP contribution < -0.4 is 5.73 Å². The molecule has 0 saturated heterocycles. The van der Waals surface area contributed by atoms with Crippen LogP contribution in [0.5, 0.6) is 0 Å². The molecule has 5 heteroatoms. The van der Waals surface area contributed by atoms with Gasteiger partial charge in [0.15, 0.2) is 0 Å². The summed E-state index contributed by atoms with van der Waals surface area (Å²) in [6, 6.07) is 7.70. The SMILES string of the molecule is CC(C)n1nccc1C(N)c1cccc(Br)c1Cl. The highest BCUT2D eigenvalue weighted by Crippen LogP contribution is 2.32. The molecule has 0 saturated carbocycles. The molecule has 2 rings (SSSR count). The Morgan fingerprint density at radius 1 is 1.33 bits per heavy atom. The van der Waals surface area contributed by atoms with Gasteiger partial charge in [-0.2, -0.15) is 5.10 Å². The van der Waals surface area contributed by atoms with Crippen LogP contribution in [0.1, 0.15) is 37.2 Å². The summed E-state index contributed by atoms with van der Waals surface area (Å²) in [5.41, 5.74) is 8.16. The first-order valence-electron chi connectivity index (χ1n) is 5.75. The normalized spacial score (nSPS) is 13.0. The van der Waals surface area contributed by atoms with E-state index in [1.807, 2.05) is 28.9 Å². The summed E-state index contributed by atoms with van der Waals surface area (Å²) in [5, 5.41) is 4.95. The predicted octanol–water partition coefficient (Wildman–Crippen LogP) is 3.93. The Balaban J connectivity index is 2.45. The fraction of sp³-hybridized carbons (Fsp3) is 0.308. The second-order valence-corrected chi connectivity index (χ2v) is 5.65. The zero-order valence-corrected chi connectivity index (χ0v) is 12.6. The maximum Gasteiger partial charge on any atom is 0.0738 e. The minimum Gasteiger partial charge on any atom is -0.319 e. The molecule has 1 heterocycles. The Morgan fingerprint density at radius 3 is 2.72 bits per heavy atom. The summed E-state index contributed by atoms with van der Waals surface area (Å²) in [7, 11) is 0. The number of rotatable bonds is 3. The molecule has 2 N–H and O–H groups in total. The average molecular weight is 329 g/mol. The van der Waals surface area contributed by atoms with Crippen molar-refractivity contribution in [1.82, 2.24) is 9.78 Å². The molecule has 1 unspecified atom stereocenters. The fourth-order valence-corrected chi connectivity index (χ4v) is 2.55. The van der Waals surface area contributed by atoms with Crippen molar-refractivity contribution in [2.45, 2.75) is 25.9 Å². The van der Waals surface area contributed by atoms with Crippen LogP contribution in [0.4, 0.5) is 0 Å². The molecule has 0 bridgehead atoms. The molecule has 0 aliphatic rings. The van der Waals surface area contributed by atoms with E-state index in [4.69, 9.17) is 17.3 Å². The largest absolute Gasteiger partial charge is 0.319 e. The summed E-state index contributed by atoms with van der Waals surface area (Å²) in [4.78, 5) is 0. The highest BCUT2D eigenvalue weighted by atomic mass is 79.9. The van der Waals surface area contributed by atoms with E-state index >= 15 is 0 Å². The summed E-state index contributed by atoms with van der Waals surface area (Å²) in [6.07, 6.45) is 1.76. The minimum atomic E-state index is -0.278. The van der Waals surface area contributed by atoms with Gasteiger partial charge in [-0.15, -0.1) is 0 Å². The molecule has 96 valence electrons. The number of nitrogens with two attached hydrogens (primary N) is 1. The van der Waals surface area contributed by atoms with Gasteiger partial charge in [0.05, 0.1) is 16.8 Å². The Labute approximate surface area is 120 Å². The summed E-state index contributed by atoms with van der Waals surface area (Å²) < 4.78 is 2.77. The first-order valence-corrected chi connectivity index (χ1v) is 6.92. The van der Waals surface area contributed by atoms with E-state index in [1.54, 1.807) is 6.20 Å². The second kappa shape index (κ2) is 5.43. The van der Waals surface area contributed by atoms with Crippen LogP contribution in [-0.4, -0.2) is 9.78 Å². The van der Waals surface area contributed by atoms with Crippen LogP contribution in [0.25, 0.3) is 0 Å². The van der Waals surface area contributed by atoms with Crippen molar-refractivity contribution in [3.05, 3.63) is 51.2 Å². The van der Waals surface area contributed by atoms with E-state index in [2.05, 4.69) is 34.9 Å². The molecule has 0 spiro atoms. The van der Waals surface area contributed by atoms with Crippen molar-refractivity contribution < 1.29 is 0 Å². The maximum absolute atomic E-state index is 6.30. The Kier molecular flexibility index (Phi) is 4.10. The van der Waals surface area contributed by atoms with Crippen molar-refractivity contribution >= 4 is 27.5 Å². The molecule has 2 aromatic rings. The van der Waals surface area contributed by atoms with Crippen LogP contribution >= 0.6 is 27.5 Å². The number of benzene rings is 1. The zero-order valence-electron chi connectivity index (χ0n) is 10.3. The molecule has 18 heavy (non-hydrogen) atoms. The van der Waals surface area contributed by atoms with Gasteiger partial charge in [-0.3, -0.25) is 4.68 Å². The monoisotopic (exact) mass is 327 g/mol. The van der Waals surface area contributed by atoms with Gasteiger partial charge in [-0.1, -0.05) is 23.7 Å². The lowest BCUT2D eigenvalue weighted by atomic mass is 10.0. The topological polar surface area (TPSA) is 43.8 Å². The van der Waals surface area contributed by atoms with Gasteiger partial charge >= 0.3 is 0 Å². The summed E-state index contributed by atoms with van der Waals surface area (Å²) in [5.74, 6) is 0. The van der Waals surface area contributed by atoms with Gasteiger partial charge < -0.3 is 5.73 Å². The van der Waals surface area contributed by atoms with E-state index in [0.29, 0.717) is 5.02 Å². The highest BCUT2D eigenvalue weighted by molar-refractivity contribution is 9.10. The number of aromatic nitrogens is 2. The van der Waals surface area contributed by atoms with Gasteiger partial charge in [0.25, 0.3) is 0 Å². The lowest BCUT2D eigenvalue weighted by molar-refractivity contribution is 0.499. The molecule has 0 amide bonds. The van der Waals surface area contributed by atoms with Gasteiger partial charge in [-0.25, -0.2) is 0 Å². The van der Waals surface area contributed by atoms with Crippen molar-refractivity contribution in [3.63, 3.8) is 0 Å². The molecule has 1 aromatic heterocycles. The van der Waals surface area contributed by atoms with Crippen molar-refractivity contribution in [2.75, 3.05) is 0 Å². The van der Waals surface area contributed by atoms with Crippen molar-refractivity contribution in [2.24, 2.45) is 5.73 Å². The molecule has 0 aliphatic carbocycles. The van der Waals surface area contributed by atoms with Crippen molar-refractivity contribution in [3.8, 4) is 0 Å². The first-order chi connectivity index (χ1) is 8.52. The van der Waals surface area contributed by atoms with Crippen LogP contribution in [0.2, 0.25) is 5.02 Å². The highest BCUT2D eigenvalue weighted by Gasteiger charge is 2.18. The number of hydrogen-bond donors (Lipinski definition) is 1. The molecule has 0 fully saturated rings. The van der Waals surface area contributed by atoms with Crippen LogP contribution in [0, 0.1) is 0 Å². The molecule has 0 aliphatic heterocycles. The van der Waals surface area contributed by atoms with E-state index in [1.165, 1.54) is 0 Å². The van der Waals surface area contributed by atoms with E-state index in [9.17, 15) is 0 Å². The number of hydrogen-bond acceptors (Lipinski definition) is 2. The van der Waals surface area contributed by atoms with E-state index in [-0.39, 0.29) is 12.1 Å². The first kappa shape index (κ1) is 13.6. The zero-order chi connectivity index (χ0) is 13.3. The standard InChI is InChI=1S/C13H15BrClN3/c1-8(2)18-11(6-7-17-18)13(16)9-4-3-5-10(14)12(9)15/h3-8,13H,16H2,1-2H3. The van der Waals surface area contributed by atoms with Crippen molar-refractivity contribution in [1.29, 1.82) is 0 Å². The van der Waals surface area contributed by atoms with Gasteiger partial charge in [0.2, 0.25) is 0 Å². The third kappa shape index (κ3) is 2.46. The number of halogens is 2. The lowest BCUT2D eigenvalue weighted by Gasteiger charge is -2.18.